The number of aromatic nitrogens is 2. The van der Waals surface area contributed by atoms with E-state index in [0.29, 0.717) is 18.7 Å². The van der Waals surface area contributed by atoms with E-state index < -0.39 is 27.7 Å². The molecule has 3 atom stereocenters. The van der Waals surface area contributed by atoms with Crippen molar-refractivity contribution in [3.63, 3.8) is 0 Å². The molecule has 2 aliphatic carbocycles. The number of anilines is 1. The van der Waals surface area contributed by atoms with Crippen molar-refractivity contribution in [1.29, 1.82) is 0 Å². The molecule has 5 rings (SSSR count). The first-order valence-corrected chi connectivity index (χ1v) is 12.2. The standard InChI is InChI=1S/C21H26FN5O3S/c1-3-21(2)11-27-19(30-21)17(10-24-27)31(23,29)26-20(28)25-18-15-6-4-5-12(15)7-13-8-14(22)9-16(13)18/h7,10,14H,3-6,8-9,11H2,1-2H3,(H3,23,25,26,28,29)/t14-,21+,31+/m1/s1. The molecule has 0 bridgehead atoms. The van der Waals surface area contributed by atoms with E-state index >= 15 is 0 Å². The van der Waals surface area contributed by atoms with Crippen molar-refractivity contribution < 1.29 is 18.1 Å². The molecule has 31 heavy (non-hydrogen) atoms. The van der Waals surface area contributed by atoms with Crippen molar-refractivity contribution in [2.75, 3.05) is 5.32 Å². The van der Waals surface area contributed by atoms with Crippen LogP contribution in [0.1, 0.15) is 48.9 Å². The Balaban J connectivity index is 1.47. The summed E-state index contributed by atoms with van der Waals surface area (Å²) in [6, 6.07) is 1.25. The number of ether oxygens (including phenoxy) is 1. The fraction of sp³-hybridized carbons (Fsp3) is 0.524. The number of alkyl halides is 1. The van der Waals surface area contributed by atoms with Gasteiger partial charge in [0.1, 0.15) is 16.7 Å². The Bertz CT molecular complexity index is 1220. The number of hydrogen-bond donors (Lipinski definition) is 2. The molecule has 0 fully saturated rings. The topological polar surface area (TPSA) is 112 Å². The van der Waals surface area contributed by atoms with Crippen LogP contribution >= 0.6 is 0 Å². The summed E-state index contributed by atoms with van der Waals surface area (Å²) in [5, 5.41) is 13.0. The smallest absolute Gasteiger partial charge is 0.354 e. The lowest BCUT2D eigenvalue weighted by atomic mass is 9.99. The summed E-state index contributed by atoms with van der Waals surface area (Å²) in [5.41, 5.74) is 4.05. The molecule has 0 saturated carbocycles. The highest BCUT2D eigenvalue weighted by atomic mass is 32.2. The van der Waals surface area contributed by atoms with Gasteiger partial charge in [-0.25, -0.2) is 23.2 Å². The van der Waals surface area contributed by atoms with Gasteiger partial charge in [0.25, 0.3) is 0 Å². The normalized spacial score (nSPS) is 25.4. The highest BCUT2D eigenvalue weighted by molar-refractivity contribution is 7.91. The number of urea groups is 1. The zero-order valence-electron chi connectivity index (χ0n) is 17.6. The Hall–Kier alpha value is -2.46. The van der Waals surface area contributed by atoms with Gasteiger partial charge < -0.3 is 10.1 Å². The van der Waals surface area contributed by atoms with Gasteiger partial charge in [0, 0.05) is 18.5 Å². The number of halogens is 1. The van der Waals surface area contributed by atoms with Crippen molar-refractivity contribution >= 4 is 21.6 Å². The first kappa shape index (κ1) is 20.4. The predicted molar refractivity (Wildman–Crippen MR) is 114 cm³/mol. The van der Waals surface area contributed by atoms with Crippen LogP contribution in [0.2, 0.25) is 0 Å². The third kappa shape index (κ3) is 3.41. The van der Waals surface area contributed by atoms with Gasteiger partial charge >= 0.3 is 6.03 Å². The summed E-state index contributed by atoms with van der Waals surface area (Å²) < 4.78 is 38.6. The van der Waals surface area contributed by atoms with Crippen LogP contribution in [0.15, 0.2) is 21.5 Å². The Morgan fingerprint density at radius 1 is 1.42 bits per heavy atom. The van der Waals surface area contributed by atoms with E-state index in [9.17, 15) is 13.4 Å². The average Bonchev–Trinajstić information content (AvgIpc) is 3.43. The number of fused-ring (bicyclic) bond motifs is 3. The van der Waals surface area contributed by atoms with Gasteiger partial charge in [0.2, 0.25) is 5.88 Å². The first-order chi connectivity index (χ1) is 14.7. The molecule has 8 nitrogen and oxygen atoms in total. The minimum atomic E-state index is -3.58. The molecule has 0 spiro atoms. The van der Waals surface area contributed by atoms with Crippen LogP contribution in [-0.2, 0) is 42.1 Å². The van der Waals surface area contributed by atoms with E-state index in [2.05, 4.69) is 20.8 Å². The number of aryl methyl sites for hydroxylation is 1. The van der Waals surface area contributed by atoms with Crippen molar-refractivity contribution in [2.24, 2.45) is 9.50 Å². The Morgan fingerprint density at radius 3 is 3.00 bits per heavy atom. The molecule has 2 heterocycles. The first-order valence-electron chi connectivity index (χ1n) is 10.6. The van der Waals surface area contributed by atoms with Crippen LogP contribution in [0.25, 0.3) is 0 Å². The Morgan fingerprint density at radius 2 is 2.23 bits per heavy atom. The van der Waals surface area contributed by atoms with Gasteiger partial charge in [-0.15, -0.1) is 4.36 Å². The molecular formula is C21H26FN5O3S. The number of nitrogens with two attached hydrogens (primary N) is 1. The zero-order valence-corrected chi connectivity index (χ0v) is 18.4. The molecule has 0 saturated heterocycles. The molecule has 2 amide bonds. The molecule has 1 aromatic heterocycles. The van der Waals surface area contributed by atoms with Gasteiger partial charge in [-0.3, -0.25) is 0 Å². The number of nitrogens with zero attached hydrogens (tertiary/aromatic N) is 3. The average molecular weight is 448 g/mol. The van der Waals surface area contributed by atoms with E-state index in [-0.39, 0.29) is 17.2 Å². The number of benzene rings is 1. The SMILES string of the molecule is CC[C@@]1(C)Cn2ncc([S@@](N)(=O)=NC(=O)Nc3c4c(cc5c3C[C@H](F)C5)CCC4)c2O1. The Labute approximate surface area is 180 Å². The lowest BCUT2D eigenvalue weighted by Crippen LogP contribution is -2.30. The zero-order chi connectivity index (χ0) is 22.0. The summed E-state index contributed by atoms with van der Waals surface area (Å²) >= 11 is 0. The number of nitrogens with one attached hydrogen (secondary N) is 1. The van der Waals surface area contributed by atoms with Crippen molar-refractivity contribution in [3.05, 3.63) is 34.5 Å². The summed E-state index contributed by atoms with van der Waals surface area (Å²) in [5.74, 6) is 0.287. The van der Waals surface area contributed by atoms with Crippen molar-refractivity contribution in [3.8, 4) is 5.88 Å². The molecule has 1 aromatic carbocycles. The summed E-state index contributed by atoms with van der Waals surface area (Å²) in [4.78, 5) is 12.9. The van der Waals surface area contributed by atoms with Crippen LogP contribution < -0.4 is 15.2 Å². The van der Waals surface area contributed by atoms with Crippen LogP contribution in [0, 0.1) is 0 Å². The van der Waals surface area contributed by atoms with Crippen LogP contribution in [0.4, 0.5) is 14.9 Å². The second-order valence-electron chi connectivity index (χ2n) is 8.85. The lowest BCUT2D eigenvalue weighted by molar-refractivity contribution is 0.105. The summed E-state index contributed by atoms with van der Waals surface area (Å²) in [6.45, 7) is 4.43. The number of amides is 2. The number of rotatable bonds is 3. The minimum absolute atomic E-state index is 0.104. The van der Waals surface area contributed by atoms with Crippen molar-refractivity contribution in [2.45, 2.75) is 75.6 Å². The van der Waals surface area contributed by atoms with Gasteiger partial charge in [-0.2, -0.15) is 5.10 Å². The molecule has 0 radical (unpaired) electrons. The maximum absolute atomic E-state index is 14.1. The fourth-order valence-electron chi connectivity index (χ4n) is 4.79. The predicted octanol–water partition coefficient (Wildman–Crippen LogP) is 3.30. The maximum Gasteiger partial charge on any atom is 0.354 e. The van der Waals surface area contributed by atoms with Gasteiger partial charge in [0.15, 0.2) is 9.92 Å². The van der Waals surface area contributed by atoms with E-state index in [1.807, 2.05) is 13.8 Å². The van der Waals surface area contributed by atoms with Crippen LogP contribution in [0.5, 0.6) is 5.88 Å². The number of carbonyl (C=O) groups excluding carboxylic acids is 1. The fourth-order valence-corrected chi connectivity index (χ4v) is 5.78. The molecular weight excluding hydrogens is 421 g/mol. The highest BCUT2D eigenvalue weighted by Crippen LogP contribution is 2.40. The van der Waals surface area contributed by atoms with E-state index in [1.165, 1.54) is 6.20 Å². The summed E-state index contributed by atoms with van der Waals surface area (Å²) in [7, 11) is -3.58. The van der Waals surface area contributed by atoms with Gasteiger partial charge in [-0.1, -0.05) is 13.0 Å². The largest absolute Gasteiger partial charge is 0.469 e. The van der Waals surface area contributed by atoms with Gasteiger partial charge in [0.05, 0.1) is 12.7 Å². The van der Waals surface area contributed by atoms with E-state index in [1.54, 1.807) is 4.68 Å². The molecule has 3 N–H and O–H groups in total. The van der Waals surface area contributed by atoms with Crippen LogP contribution in [0.3, 0.4) is 0 Å². The second kappa shape index (κ2) is 7.03. The third-order valence-electron chi connectivity index (χ3n) is 6.57. The molecule has 10 heteroatoms. The third-order valence-corrected chi connectivity index (χ3v) is 7.91. The van der Waals surface area contributed by atoms with Gasteiger partial charge in [-0.05, 0) is 54.9 Å². The van der Waals surface area contributed by atoms with Crippen LogP contribution in [-0.4, -0.2) is 31.8 Å². The molecule has 1 aliphatic heterocycles. The second-order valence-corrected chi connectivity index (χ2v) is 10.6. The maximum atomic E-state index is 14.1. The quantitative estimate of drug-likeness (QED) is 0.752. The minimum Gasteiger partial charge on any atom is -0.469 e. The molecule has 3 aliphatic rings. The monoisotopic (exact) mass is 447 g/mol. The molecule has 2 aromatic rings. The molecule has 166 valence electrons. The Kier molecular flexibility index (Phi) is 4.63. The molecule has 0 unspecified atom stereocenters. The highest BCUT2D eigenvalue weighted by Gasteiger charge is 2.38. The van der Waals surface area contributed by atoms with E-state index in [0.717, 1.165) is 47.9 Å². The number of hydrogen-bond acceptors (Lipinski definition) is 4. The lowest BCUT2D eigenvalue weighted by Gasteiger charge is -2.20. The summed E-state index contributed by atoms with van der Waals surface area (Å²) in [6.07, 6.45) is 4.44. The number of carbonyl (C=O) groups is 1. The van der Waals surface area contributed by atoms with E-state index in [4.69, 9.17) is 9.88 Å². The van der Waals surface area contributed by atoms with Crippen molar-refractivity contribution in [1.82, 2.24) is 9.78 Å².